The third-order valence-electron chi connectivity index (χ3n) is 2.44. The first-order valence-corrected chi connectivity index (χ1v) is 6.14. The van der Waals surface area contributed by atoms with Gasteiger partial charge in [0.05, 0.1) is 0 Å². The zero-order valence-corrected chi connectivity index (χ0v) is 9.41. The summed E-state index contributed by atoms with van der Waals surface area (Å²) in [6, 6.07) is 0.720. The number of thioether (sulfide) groups is 1. The van der Waals surface area contributed by atoms with Crippen LogP contribution < -0.4 is 5.32 Å². The van der Waals surface area contributed by atoms with Gasteiger partial charge in [0.2, 0.25) is 0 Å². The summed E-state index contributed by atoms with van der Waals surface area (Å²) in [6.45, 7) is 5.28. The molecule has 0 spiro atoms. The Morgan fingerprint density at radius 3 is 3.08 bits per heavy atom. The van der Waals surface area contributed by atoms with Crippen LogP contribution in [0.2, 0.25) is 0 Å². The Hall–Kier alpha value is -0.130. The van der Waals surface area contributed by atoms with Gasteiger partial charge in [0.15, 0.2) is 0 Å². The van der Waals surface area contributed by atoms with E-state index in [1.807, 2.05) is 6.92 Å². The molecule has 0 aromatic carbocycles. The number of hydrogen-bond donors (Lipinski definition) is 1. The molecule has 13 heavy (non-hydrogen) atoms. The van der Waals surface area contributed by atoms with Crippen molar-refractivity contribution in [2.45, 2.75) is 44.4 Å². The zero-order valence-electron chi connectivity index (χ0n) is 8.60. The lowest BCUT2D eigenvalue weighted by molar-refractivity contribution is 0.469. The monoisotopic (exact) mass is 197 g/mol. The van der Waals surface area contributed by atoms with Crippen LogP contribution in [-0.2, 0) is 0 Å². The second-order valence-corrected chi connectivity index (χ2v) is 4.94. The fraction of sp³-hybridized carbons (Fsp3) is 0.818. The molecular formula is C11H19NS. The second kappa shape index (κ2) is 6.34. The maximum absolute atomic E-state index is 3.58. The van der Waals surface area contributed by atoms with Crippen LogP contribution in [0.3, 0.4) is 0 Å². The highest BCUT2D eigenvalue weighted by molar-refractivity contribution is 7.99. The fourth-order valence-electron chi connectivity index (χ4n) is 1.64. The molecule has 0 bridgehead atoms. The predicted molar refractivity (Wildman–Crippen MR) is 61.0 cm³/mol. The van der Waals surface area contributed by atoms with Crippen molar-refractivity contribution in [3.63, 3.8) is 0 Å². The van der Waals surface area contributed by atoms with Crippen LogP contribution in [0.15, 0.2) is 0 Å². The first-order chi connectivity index (χ1) is 6.34. The summed E-state index contributed by atoms with van der Waals surface area (Å²) in [4.78, 5) is 0. The first-order valence-electron chi connectivity index (χ1n) is 5.09. The zero-order chi connectivity index (χ0) is 9.52. The highest BCUT2D eigenvalue weighted by Crippen LogP contribution is 2.24. The molecule has 2 heteroatoms. The molecule has 1 aliphatic rings. The predicted octanol–water partition coefficient (Wildman–Crippen LogP) is 2.27. The van der Waals surface area contributed by atoms with Crippen LogP contribution in [-0.4, -0.2) is 23.6 Å². The third kappa shape index (κ3) is 4.06. The topological polar surface area (TPSA) is 12.0 Å². The molecule has 1 fully saturated rings. The van der Waals surface area contributed by atoms with E-state index < -0.39 is 0 Å². The van der Waals surface area contributed by atoms with Gasteiger partial charge in [-0.25, -0.2) is 0 Å². The van der Waals surface area contributed by atoms with E-state index >= 15 is 0 Å². The van der Waals surface area contributed by atoms with Crippen LogP contribution in [0.1, 0.15) is 33.1 Å². The summed E-state index contributed by atoms with van der Waals surface area (Å²) in [5.41, 5.74) is 0. The van der Waals surface area contributed by atoms with Crippen molar-refractivity contribution >= 4 is 11.8 Å². The molecule has 1 saturated heterocycles. The average Bonchev–Trinajstić information content (AvgIpc) is 2.15. The molecule has 2 unspecified atom stereocenters. The molecule has 0 saturated carbocycles. The van der Waals surface area contributed by atoms with Gasteiger partial charge in [-0.2, -0.15) is 11.8 Å². The van der Waals surface area contributed by atoms with Gasteiger partial charge in [-0.15, -0.1) is 11.8 Å². The Balaban J connectivity index is 2.14. The van der Waals surface area contributed by atoms with Crippen molar-refractivity contribution < 1.29 is 0 Å². The van der Waals surface area contributed by atoms with Crippen molar-refractivity contribution in [3.05, 3.63) is 0 Å². The second-order valence-electron chi connectivity index (χ2n) is 3.46. The van der Waals surface area contributed by atoms with Gasteiger partial charge in [0.1, 0.15) is 0 Å². The minimum absolute atomic E-state index is 0.720. The van der Waals surface area contributed by atoms with E-state index in [9.17, 15) is 0 Å². The molecule has 2 atom stereocenters. The van der Waals surface area contributed by atoms with Gasteiger partial charge in [0, 0.05) is 24.3 Å². The molecule has 0 aliphatic carbocycles. The normalized spacial score (nSPS) is 27.8. The summed E-state index contributed by atoms with van der Waals surface area (Å²) < 4.78 is 0. The Labute approximate surface area is 86.1 Å². The first kappa shape index (κ1) is 10.9. The Morgan fingerprint density at radius 1 is 1.54 bits per heavy atom. The average molecular weight is 197 g/mol. The molecule has 74 valence electrons. The van der Waals surface area contributed by atoms with E-state index in [0.29, 0.717) is 0 Å². The van der Waals surface area contributed by atoms with Crippen molar-refractivity contribution in [1.29, 1.82) is 0 Å². The number of hydrogen-bond acceptors (Lipinski definition) is 2. The maximum atomic E-state index is 3.58. The Bertz CT molecular complexity index is 192. The van der Waals surface area contributed by atoms with Gasteiger partial charge in [-0.1, -0.05) is 6.92 Å². The van der Waals surface area contributed by atoms with Crippen molar-refractivity contribution in [1.82, 2.24) is 5.32 Å². The molecule has 0 radical (unpaired) electrons. The molecule has 1 rings (SSSR count). The molecule has 1 N–H and O–H groups in total. The quantitative estimate of drug-likeness (QED) is 0.550. The number of nitrogens with one attached hydrogen (secondary N) is 1. The van der Waals surface area contributed by atoms with Crippen molar-refractivity contribution in [2.24, 2.45) is 0 Å². The van der Waals surface area contributed by atoms with Gasteiger partial charge in [-0.05, 0) is 25.5 Å². The SMILES string of the molecule is CC#CCCNC1CCCSC1C. The Kier molecular flexibility index (Phi) is 5.34. The smallest absolute Gasteiger partial charge is 0.0214 e. The molecule has 0 aromatic heterocycles. The van der Waals surface area contributed by atoms with E-state index in [4.69, 9.17) is 0 Å². The lowest BCUT2D eigenvalue weighted by atomic mass is 10.1. The summed E-state index contributed by atoms with van der Waals surface area (Å²) in [5.74, 6) is 7.35. The molecule has 1 nitrogen and oxygen atoms in total. The number of rotatable bonds is 3. The summed E-state index contributed by atoms with van der Waals surface area (Å²) in [5, 5.41) is 4.36. The molecule has 0 aromatic rings. The van der Waals surface area contributed by atoms with Gasteiger partial charge in [0.25, 0.3) is 0 Å². The van der Waals surface area contributed by atoms with Crippen molar-refractivity contribution in [2.75, 3.05) is 12.3 Å². The highest BCUT2D eigenvalue weighted by atomic mass is 32.2. The Morgan fingerprint density at radius 2 is 2.38 bits per heavy atom. The third-order valence-corrected chi connectivity index (χ3v) is 3.82. The van der Waals surface area contributed by atoms with E-state index in [0.717, 1.165) is 24.3 Å². The van der Waals surface area contributed by atoms with Gasteiger partial charge in [-0.3, -0.25) is 0 Å². The highest BCUT2D eigenvalue weighted by Gasteiger charge is 2.20. The standard InChI is InChI=1S/C11H19NS/c1-3-4-5-8-12-11-7-6-9-13-10(11)2/h10-12H,5-9H2,1-2H3. The summed E-state index contributed by atoms with van der Waals surface area (Å²) >= 11 is 2.09. The molecule has 0 amide bonds. The van der Waals surface area contributed by atoms with E-state index in [-0.39, 0.29) is 0 Å². The minimum atomic E-state index is 0.720. The van der Waals surface area contributed by atoms with Crippen LogP contribution in [0.5, 0.6) is 0 Å². The van der Waals surface area contributed by atoms with Crippen LogP contribution in [0.25, 0.3) is 0 Å². The van der Waals surface area contributed by atoms with Crippen LogP contribution in [0, 0.1) is 11.8 Å². The molecule has 1 heterocycles. The van der Waals surface area contributed by atoms with Crippen LogP contribution >= 0.6 is 11.8 Å². The fourth-order valence-corrected chi connectivity index (χ4v) is 2.81. The van der Waals surface area contributed by atoms with Gasteiger partial charge >= 0.3 is 0 Å². The summed E-state index contributed by atoms with van der Waals surface area (Å²) in [7, 11) is 0. The molecular weight excluding hydrogens is 178 g/mol. The van der Waals surface area contributed by atoms with E-state index in [1.54, 1.807) is 0 Å². The van der Waals surface area contributed by atoms with E-state index in [1.165, 1.54) is 18.6 Å². The van der Waals surface area contributed by atoms with E-state index in [2.05, 4.69) is 35.8 Å². The van der Waals surface area contributed by atoms with Crippen LogP contribution in [0.4, 0.5) is 0 Å². The van der Waals surface area contributed by atoms with Gasteiger partial charge < -0.3 is 5.32 Å². The van der Waals surface area contributed by atoms with Crippen molar-refractivity contribution in [3.8, 4) is 11.8 Å². The minimum Gasteiger partial charge on any atom is -0.312 e. The molecule has 1 aliphatic heterocycles. The largest absolute Gasteiger partial charge is 0.312 e. The lowest BCUT2D eigenvalue weighted by Gasteiger charge is -2.28. The maximum Gasteiger partial charge on any atom is 0.0214 e. The summed E-state index contributed by atoms with van der Waals surface area (Å²) in [6.07, 6.45) is 3.70. The lowest BCUT2D eigenvalue weighted by Crippen LogP contribution is -2.39.